The van der Waals surface area contributed by atoms with Crippen LogP contribution in [0.2, 0.25) is 0 Å². The number of rotatable bonds is 3. The van der Waals surface area contributed by atoms with Gasteiger partial charge >= 0.3 is 0 Å². The summed E-state index contributed by atoms with van der Waals surface area (Å²) in [7, 11) is 0. The molecule has 1 saturated carbocycles. The summed E-state index contributed by atoms with van der Waals surface area (Å²) in [5.74, 6) is 1.63. The minimum absolute atomic E-state index is 0.0775. The molecule has 1 heterocycles. The van der Waals surface area contributed by atoms with Crippen LogP contribution in [0.3, 0.4) is 0 Å². The SMILES string of the molecule is CCn1cc(NC2CCC(C)C(C)C2)ccc1=O. The third kappa shape index (κ3) is 2.95. The van der Waals surface area contributed by atoms with Gasteiger partial charge in [-0.3, -0.25) is 4.79 Å². The Labute approximate surface area is 109 Å². The van der Waals surface area contributed by atoms with Crippen molar-refractivity contribution in [1.29, 1.82) is 0 Å². The molecule has 3 unspecified atom stereocenters. The Kier molecular flexibility index (Phi) is 4.10. The summed E-state index contributed by atoms with van der Waals surface area (Å²) in [5.41, 5.74) is 1.15. The van der Waals surface area contributed by atoms with E-state index in [1.54, 1.807) is 10.6 Å². The van der Waals surface area contributed by atoms with Crippen molar-refractivity contribution in [2.45, 2.75) is 52.6 Å². The molecule has 18 heavy (non-hydrogen) atoms. The molecule has 0 bridgehead atoms. The van der Waals surface area contributed by atoms with Crippen LogP contribution in [0.4, 0.5) is 5.69 Å². The smallest absolute Gasteiger partial charge is 0.250 e. The topological polar surface area (TPSA) is 34.0 Å². The number of anilines is 1. The molecule has 0 amide bonds. The zero-order valence-corrected chi connectivity index (χ0v) is 11.6. The van der Waals surface area contributed by atoms with E-state index < -0.39 is 0 Å². The Morgan fingerprint density at radius 1 is 1.28 bits per heavy atom. The maximum absolute atomic E-state index is 11.5. The highest BCUT2D eigenvalue weighted by molar-refractivity contribution is 5.41. The standard InChI is InChI=1S/C15H24N2O/c1-4-17-10-14(7-8-15(17)18)16-13-6-5-11(2)12(3)9-13/h7-8,10-13,16H,4-6,9H2,1-3H3. The van der Waals surface area contributed by atoms with E-state index in [9.17, 15) is 4.79 Å². The predicted molar refractivity (Wildman–Crippen MR) is 76.0 cm³/mol. The molecule has 1 aromatic heterocycles. The van der Waals surface area contributed by atoms with Crippen LogP contribution >= 0.6 is 0 Å². The van der Waals surface area contributed by atoms with E-state index in [-0.39, 0.29) is 5.56 Å². The fourth-order valence-corrected chi connectivity index (χ4v) is 2.78. The zero-order chi connectivity index (χ0) is 13.1. The molecule has 0 saturated heterocycles. The van der Waals surface area contributed by atoms with E-state index in [4.69, 9.17) is 0 Å². The van der Waals surface area contributed by atoms with Crippen LogP contribution in [-0.2, 0) is 6.54 Å². The number of nitrogens with zero attached hydrogens (tertiary/aromatic N) is 1. The van der Waals surface area contributed by atoms with E-state index in [0.29, 0.717) is 6.04 Å². The third-order valence-corrected chi connectivity index (χ3v) is 4.29. The average Bonchev–Trinajstić information content (AvgIpc) is 2.36. The highest BCUT2D eigenvalue weighted by Gasteiger charge is 2.24. The lowest BCUT2D eigenvalue weighted by atomic mass is 9.79. The van der Waals surface area contributed by atoms with Crippen LogP contribution in [0.5, 0.6) is 0 Å². The van der Waals surface area contributed by atoms with E-state index in [1.807, 2.05) is 19.2 Å². The molecule has 1 aliphatic carbocycles. The van der Waals surface area contributed by atoms with E-state index in [2.05, 4.69) is 19.2 Å². The second-order valence-electron chi connectivity index (χ2n) is 5.65. The molecule has 1 aliphatic rings. The molecule has 0 spiro atoms. The van der Waals surface area contributed by atoms with E-state index in [1.165, 1.54) is 19.3 Å². The Bertz CT molecular complexity index is 452. The Morgan fingerprint density at radius 3 is 2.72 bits per heavy atom. The van der Waals surface area contributed by atoms with Gasteiger partial charge in [0.25, 0.3) is 5.56 Å². The van der Waals surface area contributed by atoms with Gasteiger partial charge in [0.05, 0.1) is 5.69 Å². The van der Waals surface area contributed by atoms with Gasteiger partial charge in [0.15, 0.2) is 0 Å². The molecule has 3 heteroatoms. The molecular weight excluding hydrogens is 224 g/mol. The summed E-state index contributed by atoms with van der Waals surface area (Å²) in [6.07, 6.45) is 5.69. The number of aryl methyl sites for hydroxylation is 1. The van der Waals surface area contributed by atoms with Crippen LogP contribution in [0.25, 0.3) is 0 Å². The lowest BCUT2D eigenvalue weighted by Gasteiger charge is -2.33. The first kappa shape index (κ1) is 13.2. The largest absolute Gasteiger partial charge is 0.381 e. The van der Waals surface area contributed by atoms with Crippen molar-refractivity contribution >= 4 is 5.69 Å². The summed E-state index contributed by atoms with van der Waals surface area (Å²) < 4.78 is 1.75. The summed E-state index contributed by atoms with van der Waals surface area (Å²) >= 11 is 0. The molecule has 100 valence electrons. The van der Waals surface area contributed by atoms with Gasteiger partial charge < -0.3 is 9.88 Å². The third-order valence-electron chi connectivity index (χ3n) is 4.29. The Hall–Kier alpha value is -1.25. The van der Waals surface area contributed by atoms with Gasteiger partial charge in [-0.1, -0.05) is 13.8 Å². The summed E-state index contributed by atoms with van der Waals surface area (Å²) in [6, 6.07) is 4.11. The Balaban J connectivity index is 2.03. The van der Waals surface area contributed by atoms with Gasteiger partial charge in [0, 0.05) is 24.8 Å². The summed E-state index contributed by atoms with van der Waals surface area (Å²) in [5, 5.41) is 3.57. The van der Waals surface area contributed by atoms with Crippen LogP contribution in [0.1, 0.15) is 40.0 Å². The summed E-state index contributed by atoms with van der Waals surface area (Å²) in [6.45, 7) is 7.41. The lowest BCUT2D eigenvalue weighted by Crippen LogP contribution is -2.31. The fourth-order valence-electron chi connectivity index (χ4n) is 2.78. The minimum Gasteiger partial charge on any atom is -0.381 e. The van der Waals surface area contributed by atoms with Crippen LogP contribution in [-0.4, -0.2) is 10.6 Å². The average molecular weight is 248 g/mol. The first-order valence-corrected chi connectivity index (χ1v) is 7.07. The van der Waals surface area contributed by atoms with Crippen molar-refractivity contribution in [1.82, 2.24) is 4.57 Å². The molecule has 1 fully saturated rings. The monoisotopic (exact) mass is 248 g/mol. The number of pyridine rings is 1. The molecule has 0 radical (unpaired) electrons. The number of aromatic nitrogens is 1. The predicted octanol–water partition coefficient (Wildman–Crippen LogP) is 3.10. The second kappa shape index (κ2) is 5.59. The van der Waals surface area contributed by atoms with Gasteiger partial charge in [-0.15, -0.1) is 0 Å². The van der Waals surface area contributed by atoms with Crippen LogP contribution in [0.15, 0.2) is 23.1 Å². The first-order valence-electron chi connectivity index (χ1n) is 7.07. The molecule has 3 atom stereocenters. The van der Waals surface area contributed by atoms with Crippen LogP contribution < -0.4 is 10.9 Å². The van der Waals surface area contributed by atoms with Crippen molar-refractivity contribution in [3.8, 4) is 0 Å². The normalized spacial score (nSPS) is 28.1. The quantitative estimate of drug-likeness (QED) is 0.892. The molecular formula is C15H24N2O. The lowest BCUT2D eigenvalue weighted by molar-refractivity contribution is 0.261. The van der Waals surface area contributed by atoms with Crippen molar-refractivity contribution in [2.75, 3.05) is 5.32 Å². The zero-order valence-electron chi connectivity index (χ0n) is 11.6. The second-order valence-corrected chi connectivity index (χ2v) is 5.65. The van der Waals surface area contributed by atoms with Gasteiger partial charge in [-0.05, 0) is 44.1 Å². The highest BCUT2D eigenvalue weighted by atomic mass is 16.1. The molecule has 0 aromatic carbocycles. The van der Waals surface area contributed by atoms with Crippen molar-refractivity contribution in [3.63, 3.8) is 0 Å². The fraction of sp³-hybridized carbons (Fsp3) is 0.667. The van der Waals surface area contributed by atoms with Crippen molar-refractivity contribution in [2.24, 2.45) is 11.8 Å². The first-order chi connectivity index (χ1) is 8.60. The maximum Gasteiger partial charge on any atom is 0.250 e. The van der Waals surface area contributed by atoms with Crippen molar-refractivity contribution in [3.05, 3.63) is 28.7 Å². The Morgan fingerprint density at radius 2 is 2.06 bits per heavy atom. The van der Waals surface area contributed by atoms with Crippen LogP contribution in [0, 0.1) is 11.8 Å². The minimum atomic E-state index is 0.0775. The van der Waals surface area contributed by atoms with Crippen molar-refractivity contribution < 1.29 is 0 Å². The summed E-state index contributed by atoms with van der Waals surface area (Å²) in [4.78, 5) is 11.5. The molecule has 0 aliphatic heterocycles. The van der Waals surface area contributed by atoms with E-state index in [0.717, 1.165) is 24.1 Å². The number of nitrogens with one attached hydrogen (secondary N) is 1. The molecule has 1 N–H and O–H groups in total. The van der Waals surface area contributed by atoms with Gasteiger partial charge in [-0.25, -0.2) is 0 Å². The molecule has 1 aromatic rings. The van der Waals surface area contributed by atoms with Gasteiger partial charge in [0.1, 0.15) is 0 Å². The van der Waals surface area contributed by atoms with E-state index >= 15 is 0 Å². The molecule has 3 nitrogen and oxygen atoms in total. The number of hydrogen-bond acceptors (Lipinski definition) is 2. The molecule has 2 rings (SSSR count). The van der Waals surface area contributed by atoms with Gasteiger partial charge in [0.2, 0.25) is 0 Å². The maximum atomic E-state index is 11.5. The highest BCUT2D eigenvalue weighted by Crippen LogP contribution is 2.30. The van der Waals surface area contributed by atoms with Gasteiger partial charge in [-0.2, -0.15) is 0 Å². The number of hydrogen-bond donors (Lipinski definition) is 1.